The van der Waals surface area contributed by atoms with Crippen LogP contribution >= 0.6 is 0 Å². The summed E-state index contributed by atoms with van der Waals surface area (Å²) in [5.41, 5.74) is 0. The molecule has 0 saturated carbocycles. The Bertz CT molecular complexity index is 190. The van der Waals surface area contributed by atoms with Gasteiger partial charge in [-0.2, -0.15) is 0 Å². The van der Waals surface area contributed by atoms with Gasteiger partial charge in [0.25, 0.3) is 0 Å². The molecule has 0 aliphatic heterocycles. The zero-order chi connectivity index (χ0) is 9.56. The second-order valence-corrected chi connectivity index (χ2v) is 2.22. The summed E-state index contributed by atoms with van der Waals surface area (Å²) < 4.78 is 4.53. The van der Waals surface area contributed by atoms with Crippen molar-refractivity contribution in [2.45, 2.75) is 20.0 Å². The number of aldehydes is 1. The molecule has 0 aromatic heterocycles. The molecule has 1 unspecified atom stereocenters. The maximum atomic E-state index is 10.4. The van der Waals surface area contributed by atoms with Crippen LogP contribution in [-0.2, 0) is 19.1 Å². The summed E-state index contributed by atoms with van der Waals surface area (Å²) in [5.74, 6) is -0.813. The standard InChI is InChI=1S/C7H11NO4/c1-5(10)8-3-7(4-9)12-6(2)11/h4,7H,3H2,1-2H3,(H,8,10). The van der Waals surface area contributed by atoms with Crippen LogP contribution in [0.1, 0.15) is 13.8 Å². The molecule has 0 heterocycles. The van der Waals surface area contributed by atoms with Gasteiger partial charge in [0.15, 0.2) is 12.4 Å². The molecule has 0 aliphatic carbocycles. The second-order valence-electron chi connectivity index (χ2n) is 2.22. The van der Waals surface area contributed by atoms with Crippen LogP contribution in [0.15, 0.2) is 0 Å². The lowest BCUT2D eigenvalue weighted by Crippen LogP contribution is -2.34. The van der Waals surface area contributed by atoms with Crippen molar-refractivity contribution in [2.24, 2.45) is 0 Å². The van der Waals surface area contributed by atoms with Crippen LogP contribution in [0.2, 0.25) is 0 Å². The normalized spacial score (nSPS) is 11.5. The molecule has 0 bridgehead atoms. The maximum Gasteiger partial charge on any atom is 0.303 e. The molecule has 1 amide bonds. The number of esters is 1. The number of carbonyl (C=O) groups excluding carboxylic acids is 3. The van der Waals surface area contributed by atoms with Gasteiger partial charge < -0.3 is 10.1 Å². The van der Waals surface area contributed by atoms with Crippen molar-refractivity contribution in [1.29, 1.82) is 0 Å². The van der Waals surface area contributed by atoms with Gasteiger partial charge in [0.05, 0.1) is 6.54 Å². The molecule has 0 aliphatic rings. The van der Waals surface area contributed by atoms with E-state index in [0.717, 1.165) is 0 Å². The Balaban J connectivity index is 3.75. The number of amides is 1. The summed E-state index contributed by atoms with van der Waals surface area (Å²) in [7, 11) is 0. The molecule has 0 aromatic rings. The summed E-state index contributed by atoms with van der Waals surface area (Å²) in [6.07, 6.45) is -0.413. The Kier molecular flexibility index (Phi) is 4.67. The number of rotatable bonds is 4. The minimum atomic E-state index is -0.883. The van der Waals surface area contributed by atoms with E-state index in [-0.39, 0.29) is 12.5 Å². The molecule has 0 radical (unpaired) electrons. The number of ether oxygens (including phenoxy) is 1. The summed E-state index contributed by atoms with van der Waals surface area (Å²) in [6.45, 7) is 2.54. The fourth-order valence-electron chi connectivity index (χ4n) is 0.575. The van der Waals surface area contributed by atoms with Gasteiger partial charge in [0.2, 0.25) is 5.91 Å². The van der Waals surface area contributed by atoms with Crippen LogP contribution in [0.25, 0.3) is 0 Å². The quantitative estimate of drug-likeness (QED) is 0.448. The molecule has 0 rings (SSSR count). The lowest BCUT2D eigenvalue weighted by molar-refractivity contribution is -0.149. The van der Waals surface area contributed by atoms with E-state index in [1.54, 1.807) is 0 Å². The number of hydrogen-bond acceptors (Lipinski definition) is 4. The van der Waals surface area contributed by atoms with Crippen LogP contribution in [0.5, 0.6) is 0 Å². The monoisotopic (exact) mass is 173 g/mol. The molecule has 1 N–H and O–H groups in total. The number of hydrogen-bond donors (Lipinski definition) is 1. The van der Waals surface area contributed by atoms with Crippen LogP contribution in [0.3, 0.4) is 0 Å². The van der Waals surface area contributed by atoms with Crippen molar-refractivity contribution in [3.05, 3.63) is 0 Å². The first-order chi connectivity index (χ1) is 5.56. The van der Waals surface area contributed by atoms with E-state index in [2.05, 4.69) is 10.1 Å². The summed E-state index contributed by atoms with van der Waals surface area (Å²) in [6, 6.07) is 0. The molecular weight excluding hydrogens is 162 g/mol. The molecule has 68 valence electrons. The van der Waals surface area contributed by atoms with Crippen LogP contribution in [-0.4, -0.2) is 30.8 Å². The van der Waals surface area contributed by atoms with Gasteiger partial charge in [0.1, 0.15) is 0 Å². The fraction of sp³-hybridized carbons (Fsp3) is 0.571. The largest absolute Gasteiger partial charge is 0.453 e. The maximum absolute atomic E-state index is 10.4. The van der Waals surface area contributed by atoms with E-state index >= 15 is 0 Å². The van der Waals surface area contributed by atoms with E-state index in [0.29, 0.717) is 6.29 Å². The fourth-order valence-corrected chi connectivity index (χ4v) is 0.575. The third-order valence-electron chi connectivity index (χ3n) is 1.02. The van der Waals surface area contributed by atoms with Gasteiger partial charge in [-0.1, -0.05) is 0 Å². The predicted octanol–water partition coefficient (Wildman–Crippen LogP) is -0.747. The SMILES string of the molecule is CC(=O)NCC(C=O)OC(C)=O. The highest BCUT2D eigenvalue weighted by Gasteiger charge is 2.09. The molecule has 1 atom stereocenters. The third-order valence-corrected chi connectivity index (χ3v) is 1.02. The van der Waals surface area contributed by atoms with Crippen LogP contribution in [0.4, 0.5) is 0 Å². The molecule has 0 saturated heterocycles. The molecule has 0 fully saturated rings. The van der Waals surface area contributed by atoms with E-state index in [1.807, 2.05) is 0 Å². The first-order valence-electron chi connectivity index (χ1n) is 3.43. The summed E-state index contributed by atoms with van der Waals surface area (Å²) in [5, 5.41) is 2.35. The van der Waals surface area contributed by atoms with E-state index in [9.17, 15) is 14.4 Å². The minimum absolute atomic E-state index is 0.0262. The van der Waals surface area contributed by atoms with Crippen molar-refractivity contribution in [1.82, 2.24) is 5.32 Å². The van der Waals surface area contributed by atoms with E-state index in [4.69, 9.17) is 0 Å². The molecule has 12 heavy (non-hydrogen) atoms. The predicted molar refractivity (Wildman–Crippen MR) is 40.3 cm³/mol. The molecule has 5 heteroatoms. The highest BCUT2D eigenvalue weighted by molar-refractivity contribution is 5.74. The molecule has 5 nitrogen and oxygen atoms in total. The van der Waals surface area contributed by atoms with Gasteiger partial charge in [-0.25, -0.2) is 0 Å². The van der Waals surface area contributed by atoms with Crippen molar-refractivity contribution in [2.75, 3.05) is 6.54 Å². The number of nitrogens with one attached hydrogen (secondary N) is 1. The highest BCUT2D eigenvalue weighted by atomic mass is 16.5. The summed E-state index contributed by atoms with van der Waals surface area (Å²) >= 11 is 0. The van der Waals surface area contributed by atoms with Gasteiger partial charge in [0, 0.05) is 13.8 Å². The minimum Gasteiger partial charge on any atom is -0.453 e. The molecule has 0 aromatic carbocycles. The van der Waals surface area contributed by atoms with Gasteiger partial charge in [-0.15, -0.1) is 0 Å². The van der Waals surface area contributed by atoms with E-state index in [1.165, 1.54) is 13.8 Å². The van der Waals surface area contributed by atoms with Crippen LogP contribution in [0, 0.1) is 0 Å². The van der Waals surface area contributed by atoms with E-state index < -0.39 is 12.1 Å². The zero-order valence-corrected chi connectivity index (χ0v) is 6.99. The third kappa shape index (κ3) is 5.40. The Hall–Kier alpha value is -1.39. The lowest BCUT2D eigenvalue weighted by atomic mass is 10.4. The Labute approximate surface area is 70.1 Å². The number of carbonyl (C=O) groups is 3. The van der Waals surface area contributed by atoms with Crippen molar-refractivity contribution in [3.63, 3.8) is 0 Å². The average molecular weight is 173 g/mol. The van der Waals surface area contributed by atoms with Crippen molar-refractivity contribution < 1.29 is 19.1 Å². The first kappa shape index (κ1) is 10.6. The van der Waals surface area contributed by atoms with Crippen LogP contribution < -0.4 is 5.32 Å². The second kappa shape index (κ2) is 5.29. The van der Waals surface area contributed by atoms with Gasteiger partial charge in [-0.3, -0.25) is 14.4 Å². The Morgan fingerprint density at radius 1 is 1.50 bits per heavy atom. The topological polar surface area (TPSA) is 72.5 Å². The zero-order valence-electron chi connectivity index (χ0n) is 6.99. The van der Waals surface area contributed by atoms with Gasteiger partial charge in [-0.05, 0) is 0 Å². The van der Waals surface area contributed by atoms with Crippen molar-refractivity contribution in [3.8, 4) is 0 Å². The highest BCUT2D eigenvalue weighted by Crippen LogP contribution is 1.86. The Morgan fingerprint density at radius 2 is 2.08 bits per heavy atom. The average Bonchev–Trinajstić information content (AvgIpc) is 1.97. The molecule has 0 spiro atoms. The lowest BCUT2D eigenvalue weighted by Gasteiger charge is -2.09. The summed E-state index contributed by atoms with van der Waals surface area (Å²) in [4.78, 5) is 31.0. The smallest absolute Gasteiger partial charge is 0.303 e. The Morgan fingerprint density at radius 3 is 2.42 bits per heavy atom. The molecular formula is C7H11NO4. The van der Waals surface area contributed by atoms with Crippen molar-refractivity contribution >= 4 is 18.2 Å². The van der Waals surface area contributed by atoms with Gasteiger partial charge >= 0.3 is 5.97 Å². The first-order valence-corrected chi connectivity index (χ1v) is 3.43.